The molecule has 1 fully saturated rings. The predicted octanol–water partition coefficient (Wildman–Crippen LogP) is 2.13. The topological polar surface area (TPSA) is 47.7 Å². The van der Waals surface area contributed by atoms with Crippen molar-refractivity contribution in [2.24, 2.45) is 11.7 Å². The Labute approximate surface area is 115 Å². The molecule has 0 radical (unpaired) electrons. The average Bonchev–Trinajstić information content (AvgIpc) is 2.93. The largest absolute Gasteiger partial charge is 0.454 e. The van der Waals surface area contributed by atoms with E-state index in [0.29, 0.717) is 18.8 Å². The highest BCUT2D eigenvalue weighted by Crippen LogP contribution is 2.43. The molecule has 0 spiro atoms. The van der Waals surface area contributed by atoms with Gasteiger partial charge in [-0.2, -0.15) is 0 Å². The van der Waals surface area contributed by atoms with Crippen LogP contribution in [0.5, 0.6) is 11.5 Å². The molecule has 5 heteroatoms. The number of likely N-dealkylation sites (tertiary alicyclic amines) is 1. The van der Waals surface area contributed by atoms with Crippen molar-refractivity contribution < 1.29 is 9.47 Å². The Kier molecular flexibility index (Phi) is 3.21. The minimum Gasteiger partial charge on any atom is -0.454 e. The Bertz CT molecular complexity index is 467. The molecule has 0 amide bonds. The molecule has 1 aromatic rings. The molecule has 0 aromatic heterocycles. The maximum atomic E-state index is 5.78. The Morgan fingerprint density at radius 2 is 2.11 bits per heavy atom. The molecule has 0 aliphatic carbocycles. The molecule has 2 heterocycles. The lowest BCUT2D eigenvalue weighted by molar-refractivity contribution is 0.174. The van der Waals surface area contributed by atoms with E-state index in [0.717, 1.165) is 35.5 Å². The van der Waals surface area contributed by atoms with Crippen LogP contribution in [0.25, 0.3) is 0 Å². The van der Waals surface area contributed by atoms with E-state index in [2.05, 4.69) is 33.9 Å². The fraction of sp³-hybridized carbons (Fsp3) is 0.538. The van der Waals surface area contributed by atoms with Gasteiger partial charge >= 0.3 is 0 Å². The van der Waals surface area contributed by atoms with Crippen LogP contribution in [0, 0.1) is 5.92 Å². The van der Waals surface area contributed by atoms with Gasteiger partial charge in [0.25, 0.3) is 0 Å². The summed E-state index contributed by atoms with van der Waals surface area (Å²) in [5, 5.41) is 0. The molecule has 1 aromatic carbocycles. The summed E-state index contributed by atoms with van der Waals surface area (Å²) in [4.78, 5) is 2.36. The number of fused-ring (bicyclic) bond motifs is 1. The second-order valence-corrected chi connectivity index (χ2v) is 5.87. The van der Waals surface area contributed by atoms with E-state index in [1.54, 1.807) is 0 Å². The third-order valence-corrected chi connectivity index (χ3v) is 4.51. The van der Waals surface area contributed by atoms with Crippen LogP contribution in [0.4, 0.5) is 0 Å². The van der Waals surface area contributed by atoms with Crippen molar-refractivity contribution in [2.75, 3.05) is 26.9 Å². The highest BCUT2D eigenvalue weighted by atomic mass is 79.9. The van der Waals surface area contributed by atoms with Gasteiger partial charge in [0.15, 0.2) is 11.5 Å². The fourth-order valence-electron chi connectivity index (χ4n) is 2.83. The fourth-order valence-corrected chi connectivity index (χ4v) is 3.41. The van der Waals surface area contributed by atoms with Crippen molar-refractivity contribution in [2.45, 2.75) is 12.5 Å². The van der Waals surface area contributed by atoms with Crippen LogP contribution in [-0.2, 0) is 0 Å². The van der Waals surface area contributed by atoms with Gasteiger partial charge in [0.05, 0.1) is 0 Å². The van der Waals surface area contributed by atoms with E-state index in [-0.39, 0.29) is 0 Å². The number of nitrogens with zero attached hydrogens (tertiary/aromatic N) is 1. The van der Waals surface area contributed by atoms with E-state index in [1.807, 2.05) is 6.07 Å². The summed E-state index contributed by atoms with van der Waals surface area (Å²) in [6.07, 6.45) is 1.10. The summed E-state index contributed by atoms with van der Waals surface area (Å²) in [6, 6.07) is 4.50. The maximum absolute atomic E-state index is 5.78. The molecule has 1 saturated heterocycles. The van der Waals surface area contributed by atoms with E-state index in [1.165, 1.54) is 5.56 Å². The third-order valence-electron chi connectivity index (χ3n) is 3.82. The van der Waals surface area contributed by atoms with Crippen LogP contribution in [0.15, 0.2) is 16.6 Å². The molecule has 0 saturated carbocycles. The Balaban J connectivity index is 1.92. The summed E-state index contributed by atoms with van der Waals surface area (Å²) in [5.74, 6) is 2.25. The molecule has 2 unspecified atom stereocenters. The third kappa shape index (κ3) is 2.00. The Morgan fingerprint density at radius 3 is 2.78 bits per heavy atom. The van der Waals surface area contributed by atoms with Crippen LogP contribution < -0.4 is 15.2 Å². The van der Waals surface area contributed by atoms with Crippen LogP contribution in [-0.4, -0.2) is 31.8 Å². The summed E-state index contributed by atoms with van der Waals surface area (Å²) in [6.45, 7) is 2.13. The van der Waals surface area contributed by atoms with Crippen LogP contribution >= 0.6 is 15.9 Å². The first-order chi connectivity index (χ1) is 8.69. The van der Waals surface area contributed by atoms with Gasteiger partial charge in [-0.1, -0.05) is 15.9 Å². The number of rotatable bonds is 2. The summed E-state index contributed by atoms with van der Waals surface area (Å²) >= 11 is 3.64. The number of benzene rings is 1. The molecule has 3 rings (SSSR count). The molecule has 2 atom stereocenters. The van der Waals surface area contributed by atoms with Gasteiger partial charge in [-0.05, 0) is 43.6 Å². The minimum absolute atomic E-state index is 0.317. The van der Waals surface area contributed by atoms with Gasteiger partial charge in [0.1, 0.15) is 0 Å². The number of halogens is 1. The molecule has 4 nitrogen and oxygen atoms in total. The van der Waals surface area contributed by atoms with E-state index in [9.17, 15) is 0 Å². The van der Waals surface area contributed by atoms with Crippen molar-refractivity contribution in [1.29, 1.82) is 0 Å². The first-order valence-electron chi connectivity index (χ1n) is 6.18. The highest BCUT2D eigenvalue weighted by molar-refractivity contribution is 9.10. The van der Waals surface area contributed by atoms with Gasteiger partial charge in [-0.15, -0.1) is 0 Å². The van der Waals surface area contributed by atoms with Gasteiger partial charge < -0.3 is 15.2 Å². The minimum atomic E-state index is 0.317. The van der Waals surface area contributed by atoms with Gasteiger partial charge in [0, 0.05) is 17.1 Å². The van der Waals surface area contributed by atoms with Gasteiger partial charge in [0.2, 0.25) is 6.79 Å². The first-order valence-corrected chi connectivity index (χ1v) is 6.97. The standard InChI is InChI=1S/C13H17BrN2O2/c1-16-6-8(5-15)2-11(16)9-3-12-13(4-10(9)14)18-7-17-12/h3-4,8,11H,2,5-7,15H2,1H3. The summed E-state index contributed by atoms with van der Waals surface area (Å²) in [5.41, 5.74) is 7.04. The Hall–Kier alpha value is -0.780. The zero-order chi connectivity index (χ0) is 12.7. The summed E-state index contributed by atoms with van der Waals surface area (Å²) < 4.78 is 11.9. The Morgan fingerprint density at radius 1 is 1.39 bits per heavy atom. The lowest BCUT2D eigenvalue weighted by Gasteiger charge is -2.21. The van der Waals surface area contributed by atoms with Crippen LogP contribution in [0.2, 0.25) is 0 Å². The van der Waals surface area contributed by atoms with Crippen LogP contribution in [0.1, 0.15) is 18.0 Å². The van der Waals surface area contributed by atoms with Gasteiger partial charge in [-0.3, -0.25) is 4.90 Å². The van der Waals surface area contributed by atoms with E-state index < -0.39 is 0 Å². The zero-order valence-electron chi connectivity index (χ0n) is 10.4. The normalized spacial score (nSPS) is 26.8. The van der Waals surface area contributed by atoms with E-state index >= 15 is 0 Å². The van der Waals surface area contributed by atoms with Gasteiger partial charge in [-0.25, -0.2) is 0 Å². The lowest BCUT2D eigenvalue weighted by atomic mass is 9.99. The van der Waals surface area contributed by atoms with Crippen molar-refractivity contribution in [3.63, 3.8) is 0 Å². The zero-order valence-corrected chi connectivity index (χ0v) is 11.9. The maximum Gasteiger partial charge on any atom is 0.231 e. The second kappa shape index (κ2) is 4.72. The molecule has 0 bridgehead atoms. The van der Waals surface area contributed by atoms with Crippen molar-refractivity contribution >= 4 is 15.9 Å². The van der Waals surface area contributed by atoms with Crippen LogP contribution in [0.3, 0.4) is 0 Å². The van der Waals surface area contributed by atoms with Crippen molar-refractivity contribution in [3.8, 4) is 11.5 Å². The van der Waals surface area contributed by atoms with E-state index in [4.69, 9.17) is 15.2 Å². The first kappa shape index (κ1) is 12.3. The smallest absolute Gasteiger partial charge is 0.231 e. The molecule has 2 N–H and O–H groups in total. The molecule has 2 aliphatic rings. The summed E-state index contributed by atoms with van der Waals surface area (Å²) in [7, 11) is 2.15. The molecule has 98 valence electrons. The average molecular weight is 313 g/mol. The van der Waals surface area contributed by atoms with Crippen molar-refractivity contribution in [3.05, 3.63) is 22.2 Å². The number of hydrogen-bond donors (Lipinski definition) is 1. The predicted molar refractivity (Wildman–Crippen MR) is 72.8 cm³/mol. The SMILES string of the molecule is CN1CC(CN)CC1c1cc2c(cc1Br)OCO2. The molecule has 2 aliphatic heterocycles. The number of ether oxygens (including phenoxy) is 2. The highest BCUT2D eigenvalue weighted by Gasteiger charge is 2.32. The van der Waals surface area contributed by atoms with Crippen molar-refractivity contribution in [1.82, 2.24) is 4.90 Å². The molecular weight excluding hydrogens is 296 g/mol. The molecular formula is C13H17BrN2O2. The monoisotopic (exact) mass is 312 g/mol. The molecule has 18 heavy (non-hydrogen) atoms. The second-order valence-electron chi connectivity index (χ2n) is 5.02. The number of hydrogen-bond acceptors (Lipinski definition) is 4. The lowest BCUT2D eigenvalue weighted by Crippen LogP contribution is -2.20. The quantitative estimate of drug-likeness (QED) is 0.909. The number of nitrogens with two attached hydrogens (primary N) is 1.